The molecule has 0 bridgehead atoms. The Morgan fingerprint density at radius 3 is 2.76 bits per heavy atom. The highest BCUT2D eigenvalue weighted by atomic mass is 35.5. The number of carbonyl (C=O) groups is 1. The number of nitrogen functional groups attached to an aromatic ring is 1. The first-order valence-electron chi connectivity index (χ1n) is 12.5. The van der Waals surface area contributed by atoms with E-state index >= 15 is 0 Å². The molecule has 0 aromatic heterocycles. The number of amides is 1. The second-order valence-corrected chi connectivity index (χ2v) is 9.67. The lowest BCUT2D eigenvalue weighted by molar-refractivity contribution is -0.118. The number of carbonyl (C=O) groups excluding carboxylic acids is 1. The zero-order valence-electron chi connectivity index (χ0n) is 21.0. The van der Waals surface area contributed by atoms with E-state index in [1.165, 1.54) is 5.56 Å². The Balaban J connectivity index is 1.57. The van der Waals surface area contributed by atoms with Gasteiger partial charge in [0.2, 0.25) is 11.3 Å². The minimum absolute atomic E-state index is 0.0365. The Kier molecular flexibility index (Phi) is 7.74. The molecule has 0 unspecified atom stereocenters. The minimum atomic E-state index is -0.173. The Morgan fingerprint density at radius 1 is 1.11 bits per heavy atom. The molecular formula is C29H32ClN4O3+. The van der Waals surface area contributed by atoms with Crippen LogP contribution in [0.3, 0.4) is 0 Å². The van der Waals surface area contributed by atoms with Gasteiger partial charge in [-0.15, -0.1) is 11.6 Å². The molecule has 1 saturated heterocycles. The third-order valence-electron chi connectivity index (χ3n) is 6.79. The molecule has 0 saturated carbocycles. The van der Waals surface area contributed by atoms with Crippen molar-refractivity contribution in [2.45, 2.75) is 6.54 Å². The number of likely N-dealkylation sites (N-methyl/N-ethyl adjacent to an activating group) is 1. The van der Waals surface area contributed by atoms with Crippen molar-refractivity contribution in [2.75, 3.05) is 58.1 Å². The molecule has 2 aliphatic heterocycles. The summed E-state index contributed by atoms with van der Waals surface area (Å²) in [5.41, 5.74) is 12.1. The van der Waals surface area contributed by atoms with Crippen LogP contribution < -0.4 is 21.0 Å². The molecule has 1 fully saturated rings. The number of hydrogen-bond acceptors (Lipinski definition) is 5. The maximum Gasteiger partial charge on any atom is 0.235 e. The van der Waals surface area contributed by atoms with Gasteiger partial charge in [0.15, 0.2) is 6.54 Å². The van der Waals surface area contributed by atoms with Gasteiger partial charge in [-0.2, -0.15) is 0 Å². The first-order chi connectivity index (χ1) is 18.0. The van der Waals surface area contributed by atoms with E-state index in [-0.39, 0.29) is 11.8 Å². The molecule has 0 spiro atoms. The fourth-order valence-electron chi connectivity index (χ4n) is 4.83. The quantitative estimate of drug-likeness (QED) is 0.169. The van der Waals surface area contributed by atoms with Crippen molar-refractivity contribution in [3.63, 3.8) is 0 Å². The molecule has 0 atom stereocenters. The van der Waals surface area contributed by atoms with E-state index in [4.69, 9.17) is 26.5 Å². The number of fused-ring (bicyclic) bond motifs is 2. The zero-order chi connectivity index (χ0) is 25.8. The van der Waals surface area contributed by atoms with Crippen LogP contribution in [-0.4, -0.2) is 63.1 Å². The van der Waals surface area contributed by atoms with E-state index in [2.05, 4.69) is 51.2 Å². The van der Waals surface area contributed by atoms with Gasteiger partial charge in [-0.05, 0) is 35.4 Å². The van der Waals surface area contributed by atoms with Crippen LogP contribution in [-0.2, 0) is 16.1 Å². The van der Waals surface area contributed by atoms with E-state index in [0.717, 1.165) is 71.6 Å². The summed E-state index contributed by atoms with van der Waals surface area (Å²) >= 11 is 5.58. The molecule has 2 aromatic rings. The maximum absolute atomic E-state index is 11.5. The summed E-state index contributed by atoms with van der Waals surface area (Å²) in [7, 11) is 1.99. The van der Waals surface area contributed by atoms with Crippen molar-refractivity contribution >= 4 is 34.2 Å². The molecular weight excluding hydrogens is 488 g/mol. The number of rotatable bonds is 7. The summed E-state index contributed by atoms with van der Waals surface area (Å²) in [4.78, 5) is 13.9. The molecule has 8 heteroatoms. The Morgan fingerprint density at radius 2 is 1.95 bits per heavy atom. The third-order valence-corrected chi connectivity index (χ3v) is 7.03. The molecule has 3 aliphatic rings. The summed E-state index contributed by atoms with van der Waals surface area (Å²) in [5.74, 6) is 0.569. The van der Waals surface area contributed by atoms with Gasteiger partial charge in [-0.3, -0.25) is 9.69 Å². The van der Waals surface area contributed by atoms with E-state index in [1.54, 1.807) is 0 Å². The highest BCUT2D eigenvalue weighted by Crippen LogP contribution is 2.40. The SMILES string of the molecule is C[N+](CCNC(=O)CCl)=c1ccc2c(-c3cccc(CN4CCOCC4)c3)c3ccc(N)cc3oc-2c1. The number of nitrogens with zero attached hydrogens (tertiary/aromatic N) is 2. The molecule has 3 N–H and O–H groups in total. The topological polar surface area (TPSA) is 83.7 Å². The van der Waals surface area contributed by atoms with E-state index in [1.807, 2.05) is 31.3 Å². The van der Waals surface area contributed by atoms with E-state index < -0.39 is 0 Å². The van der Waals surface area contributed by atoms with Crippen molar-refractivity contribution in [1.82, 2.24) is 14.8 Å². The van der Waals surface area contributed by atoms with E-state index in [0.29, 0.717) is 18.8 Å². The smallest absolute Gasteiger partial charge is 0.235 e. The number of alkyl halides is 1. The molecule has 37 heavy (non-hydrogen) atoms. The Labute approximate surface area is 221 Å². The fraction of sp³-hybridized carbons (Fsp3) is 0.310. The van der Waals surface area contributed by atoms with Crippen LogP contribution in [0.15, 0.2) is 65.1 Å². The van der Waals surface area contributed by atoms with Crippen molar-refractivity contribution < 1.29 is 13.9 Å². The number of nitrogens with one attached hydrogen (secondary N) is 1. The average molecular weight is 520 g/mol. The second-order valence-electron chi connectivity index (χ2n) is 9.41. The Hall–Kier alpha value is -3.39. The van der Waals surface area contributed by atoms with Gasteiger partial charge < -0.3 is 20.2 Å². The van der Waals surface area contributed by atoms with Crippen LogP contribution in [0.1, 0.15) is 5.56 Å². The molecule has 2 heterocycles. The van der Waals surface area contributed by atoms with Gasteiger partial charge in [0.1, 0.15) is 24.3 Å². The lowest BCUT2D eigenvalue weighted by Gasteiger charge is -2.26. The average Bonchev–Trinajstić information content (AvgIpc) is 2.91. The summed E-state index contributed by atoms with van der Waals surface area (Å²) in [5, 5.41) is 4.82. The summed E-state index contributed by atoms with van der Waals surface area (Å²) in [6.07, 6.45) is 0. The zero-order valence-corrected chi connectivity index (χ0v) is 21.8. The third kappa shape index (κ3) is 5.80. The second kappa shape index (κ2) is 11.3. The molecule has 1 amide bonds. The summed E-state index contributed by atoms with van der Waals surface area (Å²) in [6, 6.07) is 20.8. The van der Waals surface area contributed by atoms with E-state index in [9.17, 15) is 4.79 Å². The number of halogens is 1. The van der Waals surface area contributed by atoms with Crippen molar-refractivity contribution in [2.24, 2.45) is 0 Å². The van der Waals surface area contributed by atoms with Gasteiger partial charge in [0.05, 0.1) is 25.8 Å². The first-order valence-corrected chi connectivity index (χ1v) is 13.1. The van der Waals surface area contributed by atoms with Crippen LogP contribution in [0.4, 0.5) is 5.69 Å². The van der Waals surface area contributed by atoms with Crippen LogP contribution in [0.25, 0.3) is 33.4 Å². The normalized spacial score (nSPS) is 15.2. The standard InChI is InChI=1S/C29H31ClN4O3/c1-33(10-9-32-28(35)18-30)23-6-8-25-27(17-23)37-26-16-22(31)5-7-24(26)29(25)21-4-2-3-20(15-21)19-34-11-13-36-14-12-34/h2-8,15-17,31H,9-14,18-19H2,1H3,(H,32,35)/p+1. The van der Waals surface area contributed by atoms with Crippen molar-refractivity contribution in [3.8, 4) is 22.5 Å². The predicted octanol–water partition coefficient (Wildman–Crippen LogP) is 3.38. The summed E-state index contributed by atoms with van der Waals surface area (Å²) < 4.78 is 14.0. The molecule has 192 valence electrons. The molecule has 7 nitrogen and oxygen atoms in total. The monoisotopic (exact) mass is 519 g/mol. The number of ether oxygens (including phenoxy) is 1. The highest BCUT2D eigenvalue weighted by molar-refractivity contribution is 6.27. The lowest BCUT2D eigenvalue weighted by Crippen LogP contribution is -2.35. The molecule has 2 aromatic carbocycles. The number of morpholine rings is 1. The number of nitrogens with two attached hydrogens (primary N) is 1. The Bertz CT molecular complexity index is 1460. The molecule has 1 aliphatic carbocycles. The first kappa shape index (κ1) is 25.3. The number of benzene rings is 3. The van der Waals surface area contributed by atoms with Crippen molar-refractivity contribution in [3.05, 3.63) is 71.6 Å². The summed E-state index contributed by atoms with van der Waals surface area (Å²) in [6.45, 7) is 5.51. The largest absolute Gasteiger partial charge is 0.456 e. The fourth-order valence-corrected chi connectivity index (χ4v) is 4.92. The number of hydrogen-bond donors (Lipinski definition) is 2. The van der Waals surface area contributed by atoms with Gasteiger partial charge in [-0.1, -0.05) is 18.2 Å². The van der Waals surface area contributed by atoms with Crippen LogP contribution in [0.5, 0.6) is 0 Å². The maximum atomic E-state index is 11.5. The molecule has 0 radical (unpaired) electrons. The van der Waals surface area contributed by atoms with Gasteiger partial charge in [-0.25, -0.2) is 4.58 Å². The lowest BCUT2D eigenvalue weighted by atomic mass is 9.92. The van der Waals surface area contributed by atoms with Gasteiger partial charge in [0, 0.05) is 54.0 Å². The van der Waals surface area contributed by atoms with Crippen LogP contribution in [0.2, 0.25) is 0 Å². The van der Waals surface area contributed by atoms with Gasteiger partial charge in [0.25, 0.3) is 0 Å². The van der Waals surface area contributed by atoms with Crippen LogP contribution >= 0.6 is 11.6 Å². The van der Waals surface area contributed by atoms with Crippen molar-refractivity contribution in [1.29, 1.82) is 0 Å². The highest BCUT2D eigenvalue weighted by Gasteiger charge is 2.19. The molecule has 5 rings (SSSR count). The van der Waals surface area contributed by atoms with Crippen LogP contribution in [0, 0.1) is 0 Å². The van der Waals surface area contributed by atoms with Gasteiger partial charge >= 0.3 is 0 Å². The minimum Gasteiger partial charge on any atom is -0.456 e. The number of anilines is 1. The predicted molar refractivity (Wildman–Crippen MR) is 149 cm³/mol.